The minimum atomic E-state index is -1.75. The Morgan fingerprint density at radius 2 is 0.650 bits per heavy atom. The van der Waals surface area contributed by atoms with Gasteiger partial charge in [0, 0.05) is 0 Å². The fraction of sp³-hybridized carbons (Fsp3) is 0.938. The highest BCUT2D eigenvalue weighted by Gasteiger charge is 2.24. The van der Waals surface area contributed by atoms with Crippen molar-refractivity contribution in [3.63, 3.8) is 0 Å². The number of aliphatic hydroxyl groups is 1. The molecule has 0 rings (SSSR count). The summed E-state index contributed by atoms with van der Waals surface area (Å²) in [5.74, 6) is -0.593. The first-order chi connectivity index (χ1) is 18.6. The molecule has 0 bridgehead atoms. The van der Waals surface area contributed by atoms with Gasteiger partial charge in [-0.3, -0.25) is 4.79 Å². The highest BCUT2D eigenvalue weighted by atomic mass is 79.9. The Hall–Kier alpha value is -1.49. The van der Waals surface area contributed by atoms with Crippen LogP contribution < -0.4 is 0 Å². The first-order valence-electron chi connectivity index (χ1n) is 8.30. The van der Waals surface area contributed by atoms with Crippen molar-refractivity contribution in [1.82, 2.24) is 0 Å². The Kier molecular flexibility index (Phi) is 213. The molecule has 0 aliphatic carbocycles. The molecule has 0 radical (unpaired) electrons. The second kappa shape index (κ2) is 119. The van der Waals surface area contributed by atoms with E-state index in [9.17, 15) is 92.6 Å². The minimum absolute atomic E-state index is 0.347. The van der Waals surface area contributed by atoms with Gasteiger partial charge in [0.05, 0.1) is 6.61 Å². The van der Waals surface area contributed by atoms with Crippen molar-refractivity contribution in [3.05, 3.63) is 0 Å². The molecular formula is C16H31BrF20O3. The van der Waals surface area contributed by atoms with Crippen LogP contribution in [0.3, 0.4) is 0 Å². The van der Waals surface area contributed by atoms with Crippen LogP contribution in [0.5, 0.6) is 0 Å². The second-order valence-corrected chi connectivity index (χ2v) is 5.32. The van der Waals surface area contributed by atoms with Gasteiger partial charge in [-0.05, 0) is 13.8 Å². The van der Waals surface area contributed by atoms with Gasteiger partial charge in [0.15, 0.2) is 0 Å². The molecule has 0 atom stereocenters. The summed E-state index contributed by atoms with van der Waals surface area (Å²) in [5.41, 5.74) is 0. The zero-order valence-electron chi connectivity index (χ0n) is 20.7. The predicted molar refractivity (Wildman–Crippen MR) is 112 cm³/mol. The van der Waals surface area contributed by atoms with Crippen LogP contribution in [0, 0.1) is 0 Å². The molecule has 3 nitrogen and oxygen atoms in total. The molecule has 0 aromatic heterocycles. The molecule has 0 heterocycles. The quantitative estimate of drug-likeness (QED) is 0.179. The van der Waals surface area contributed by atoms with E-state index in [1.807, 2.05) is 0 Å². The van der Waals surface area contributed by atoms with Gasteiger partial charge in [-0.15, -0.1) is 0 Å². The molecule has 0 aromatic carbocycles. The summed E-state index contributed by atoms with van der Waals surface area (Å²) in [6.45, 7) is -14.6. The number of rotatable bonds is 3. The zero-order valence-corrected chi connectivity index (χ0v) is 22.3. The maximum absolute atomic E-state index is 11.3. The fourth-order valence-electron chi connectivity index (χ4n) is 0.221. The Balaban J connectivity index is -0.0000000267. The van der Waals surface area contributed by atoms with E-state index in [0.717, 1.165) is 0 Å². The van der Waals surface area contributed by atoms with E-state index in [4.69, 9.17) is 5.11 Å². The molecule has 24 heteroatoms. The van der Waals surface area contributed by atoms with Crippen molar-refractivity contribution < 1.29 is 102 Å². The van der Waals surface area contributed by atoms with E-state index in [2.05, 4.69) is 20.7 Å². The summed E-state index contributed by atoms with van der Waals surface area (Å²) >= 11 is 3.00. The lowest BCUT2D eigenvalue weighted by Gasteiger charge is -2.11. The predicted octanol–water partition coefficient (Wildman–Crippen LogP) is 9.52. The zero-order chi connectivity index (χ0) is 35.3. The van der Waals surface area contributed by atoms with Gasteiger partial charge in [-0.2, -0.15) is 0 Å². The van der Waals surface area contributed by atoms with E-state index in [1.54, 1.807) is 13.8 Å². The average molecular weight is 731 g/mol. The number of ether oxygens (including phenoxy) is 1. The lowest BCUT2D eigenvalue weighted by atomic mass is 10.2. The number of esters is 1. The Bertz CT molecular complexity index is 246. The van der Waals surface area contributed by atoms with Crippen molar-refractivity contribution >= 4 is 21.9 Å². The summed E-state index contributed by atoms with van der Waals surface area (Å²) in [4.78, 5) is 10.6. The number of hydrogen-bond acceptors (Lipinski definition) is 3. The molecule has 0 aromatic rings. The highest BCUT2D eigenvalue weighted by molar-refractivity contribution is 9.10. The second-order valence-electron chi connectivity index (χ2n) is 3.34. The molecule has 0 saturated carbocycles. The van der Waals surface area contributed by atoms with Crippen molar-refractivity contribution in [2.45, 2.75) is 18.2 Å². The first kappa shape index (κ1) is 71.6. The van der Waals surface area contributed by atoms with Crippen LogP contribution in [-0.2, 0) is 9.53 Å². The van der Waals surface area contributed by atoms with Gasteiger partial charge >= 0.3 is 5.97 Å². The summed E-state index contributed by atoms with van der Waals surface area (Å²) in [5, 5.41) is 7.50. The third-order valence-electron chi connectivity index (χ3n) is 0.756. The van der Waals surface area contributed by atoms with Gasteiger partial charge in [0.2, 0.25) is 69.2 Å². The molecule has 1 N–H and O–H groups in total. The maximum atomic E-state index is 11.3. The summed E-state index contributed by atoms with van der Waals surface area (Å²) in [6, 6.07) is 0. The van der Waals surface area contributed by atoms with E-state index in [-0.39, 0.29) is 6.61 Å². The minimum Gasteiger partial charge on any atom is -0.433 e. The topological polar surface area (TPSA) is 46.5 Å². The van der Waals surface area contributed by atoms with E-state index in [1.165, 1.54) is 0 Å². The first-order valence-corrected chi connectivity index (χ1v) is 9.09. The lowest BCUT2D eigenvalue weighted by Crippen LogP contribution is -2.26. The van der Waals surface area contributed by atoms with Crippen LogP contribution in [0.25, 0.3) is 0 Å². The molecule has 0 fully saturated rings. The van der Waals surface area contributed by atoms with Crippen LogP contribution in [0.4, 0.5) is 87.8 Å². The molecule has 0 aliphatic rings. The summed E-state index contributed by atoms with van der Waals surface area (Å²) in [6.07, 6.45) is 0. The highest BCUT2D eigenvalue weighted by Crippen LogP contribution is 2.17. The van der Waals surface area contributed by atoms with Gasteiger partial charge in [0.1, 0.15) is 11.0 Å². The van der Waals surface area contributed by atoms with E-state index >= 15 is 0 Å². The molecular weight excluding hydrogens is 700 g/mol. The average Bonchev–Trinajstić information content (AvgIpc) is 2.84. The van der Waals surface area contributed by atoms with Gasteiger partial charge in [-0.25, -0.2) is 87.8 Å². The Morgan fingerprint density at radius 1 is 0.525 bits per heavy atom. The molecule has 0 spiro atoms. The van der Waals surface area contributed by atoms with Crippen molar-refractivity contribution in [3.8, 4) is 0 Å². The number of halogens is 21. The van der Waals surface area contributed by atoms with Crippen LogP contribution in [0.2, 0.25) is 0 Å². The standard InChI is InChI=1S/C5H8BrFO2.C2H5FO.9CH2F2/c1-5(2,6)4(8)9-3-7;3-1-2-4;9*2-1-3/h3H2,1-2H3;4H,1-2H2;9*1H2. The Labute approximate surface area is 226 Å². The number of carbonyl (C=O) groups excluding carboxylic acids is 1. The largest absolute Gasteiger partial charge is 0.433 e. The van der Waals surface area contributed by atoms with Gasteiger partial charge in [0.25, 0.3) is 0 Å². The number of alkyl halides is 21. The molecule has 40 heavy (non-hydrogen) atoms. The molecule has 0 saturated heterocycles. The van der Waals surface area contributed by atoms with E-state index < -0.39 is 86.2 Å². The van der Waals surface area contributed by atoms with Gasteiger partial charge < -0.3 is 9.84 Å². The van der Waals surface area contributed by atoms with Crippen LogP contribution in [0.15, 0.2) is 0 Å². The van der Waals surface area contributed by atoms with Crippen LogP contribution >= 0.6 is 15.9 Å². The Morgan fingerprint density at radius 3 is 0.675 bits per heavy atom. The SMILES string of the molecule is CC(C)(Br)C(=O)OCF.FCF.FCF.FCF.FCF.FCF.FCF.FCF.FCF.FCF.OCCF. The molecule has 260 valence electrons. The third kappa shape index (κ3) is 636. The monoisotopic (exact) mass is 730 g/mol. The number of carbonyl (C=O) groups is 1. The van der Waals surface area contributed by atoms with Crippen molar-refractivity contribution in [1.29, 1.82) is 0 Å². The van der Waals surface area contributed by atoms with Crippen molar-refractivity contribution in [2.24, 2.45) is 0 Å². The normalized spacial score (nSPS) is 7.30. The summed E-state index contributed by atoms with van der Waals surface area (Å²) in [7, 11) is 0. The van der Waals surface area contributed by atoms with E-state index in [0.29, 0.717) is 0 Å². The van der Waals surface area contributed by atoms with Gasteiger partial charge in [-0.1, -0.05) is 15.9 Å². The molecule has 0 aliphatic heterocycles. The van der Waals surface area contributed by atoms with Crippen LogP contribution in [-0.4, -0.2) is 97.9 Å². The van der Waals surface area contributed by atoms with Crippen molar-refractivity contribution in [2.75, 3.05) is 82.5 Å². The third-order valence-corrected chi connectivity index (χ3v) is 1.08. The lowest BCUT2D eigenvalue weighted by molar-refractivity contribution is -0.149. The maximum Gasteiger partial charge on any atom is 0.324 e. The fourth-order valence-corrected chi connectivity index (χ4v) is 0.336. The smallest absolute Gasteiger partial charge is 0.324 e. The summed E-state index contributed by atoms with van der Waals surface area (Å²) < 4.78 is 198. The number of aliphatic hydroxyl groups excluding tert-OH is 1. The van der Waals surface area contributed by atoms with Crippen LogP contribution in [0.1, 0.15) is 13.8 Å². The molecule has 0 unspecified atom stereocenters. The molecule has 0 amide bonds. The number of hydrogen-bond donors (Lipinski definition) is 1.